The highest BCUT2D eigenvalue weighted by Crippen LogP contribution is 2.40. The molecule has 1 amide bonds. The van der Waals surface area contributed by atoms with Gasteiger partial charge < -0.3 is 15.2 Å². The minimum atomic E-state index is -4.62. The normalized spacial score (nSPS) is 11.6. The van der Waals surface area contributed by atoms with Gasteiger partial charge in [0.25, 0.3) is 5.91 Å². The number of hydrogen-bond donors (Lipinski definition) is 2. The first-order valence-corrected chi connectivity index (χ1v) is 12.3. The van der Waals surface area contributed by atoms with E-state index in [-0.39, 0.29) is 17.8 Å². The first-order chi connectivity index (χ1) is 17.7. The average Bonchev–Trinajstić information content (AvgIpc) is 3.52. The lowest BCUT2D eigenvalue weighted by molar-refractivity contribution is -0.138. The van der Waals surface area contributed by atoms with Crippen molar-refractivity contribution in [1.29, 1.82) is 0 Å². The molecule has 5 aromatic rings. The highest BCUT2D eigenvalue weighted by molar-refractivity contribution is 7.16. The summed E-state index contributed by atoms with van der Waals surface area (Å²) < 4.78 is 45.0. The Bertz CT molecular complexity index is 1590. The summed E-state index contributed by atoms with van der Waals surface area (Å²) in [5.41, 5.74) is 4.48. The van der Waals surface area contributed by atoms with Crippen LogP contribution in [0.3, 0.4) is 0 Å². The lowest BCUT2D eigenvalue weighted by Gasteiger charge is -2.23. The molecule has 0 atom stereocenters. The van der Waals surface area contributed by atoms with E-state index in [2.05, 4.69) is 20.6 Å². The van der Waals surface area contributed by atoms with E-state index in [9.17, 15) is 18.0 Å². The summed E-state index contributed by atoms with van der Waals surface area (Å²) in [5, 5.41) is 6.04. The van der Waals surface area contributed by atoms with Gasteiger partial charge in [-0.3, -0.25) is 4.79 Å². The summed E-state index contributed by atoms with van der Waals surface area (Å²) in [4.78, 5) is 21.5. The second kappa shape index (κ2) is 9.70. The minimum Gasteiger partial charge on any atom is -0.381 e. The minimum absolute atomic E-state index is 0.0392. The van der Waals surface area contributed by atoms with Gasteiger partial charge in [0.2, 0.25) is 0 Å². The average molecular weight is 522 g/mol. The highest BCUT2D eigenvalue weighted by Gasteiger charge is 2.35. The van der Waals surface area contributed by atoms with Gasteiger partial charge in [0.05, 0.1) is 39.0 Å². The van der Waals surface area contributed by atoms with Crippen LogP contribution >= 0.6 is 11.3 Å². The number of aryl methyl sites for hydroxylation is 1. The summed E-state index contributed by atoms with van der Waals surface area (Å²) in [6.07, 6.45) is -1.48. The Labute approximate surface area is 214 Å². The molecule has 37 heavy (non-hydrogen) atoms. The Morgan fingerprint density at radius 2 is 1.84 bits per heavy atom. The van der Waals surface area contributed by atoms with Gasteiger partial charge in [0.1, 0.15) is 0 Å². The first-order valence-electron chi connectivity index (χ1n) is 11.4. The van der Waals surface area contributed by atoms with Crippen LogP contribution in [0, 0.1) is 13.8 Å². The van der Waals surface area contributed by atoms with Gasteiger partial charge in [-0.2, -0.15) is 13.2 Å². The molecule has 2 N–H and O–H groups in total. The standard InChI is InChI=1S/C27H22F3N5OS/c1-16-13-35(14-32-16)25-17(2)21(27(28,29)30)11-23(34-26(36)18-6-4-3-5-7-18)20(25)12-31-19-8-9-22-24(10-19)37-15-33-22/h3-11,13-15,31H,12H2,1-2H3,(H,34,36). The van der Waals surface area contributed by atoms with Crippen molar-refractivity contribution in [1.82, 2.24) is 14.5 Å². The van der Waals surface area contributed by atoms with Crippen LogP contribution < -0.4 is 10.6 Å². The van der Waals surface area contributed by atoms with Crippen LogP contribution in [0.4, 0.5) is 24.5 Å². The zero-order valence-electron chi connectivity index (χ0n) is 19.9. The van der Waals surface area contributed by atoms with E-state index in [1.165, 1.54) is 24.6 Å². The molecule has 2 aromatic heterocycles. The smallest absolute Gasteiger partial charge is 0.381 e. The van der Waals surface area contributed by atoms with Crippen LogP contribution in [0.15, 0.2) is 72.6 Å². The Morgan fingerprint density at radius 3 is 2.54 bits per heavy atom. The van der Waals surface area contributed by atoms with Crippen LogP contribution in [0.1, 0.15) is 32.7 Å². The van der Waals surface area contributed by atoms with Gasteiger partial charge in [0, 0.05) is 35.2 Å². The summed E-state index contributed by atoms with van der Waals surface area (Å²) in [6.45, 7) is 3.35. The maximum atomic E-state index is 14.1. The van der Waals surface area contributed by atoms with Crippen molar-refractivity contribution < 1.29 is 18.0 Å². The molecule has 0 bridgehead atoms. The number of anilines is 2. The maximum Gasteiger partial charge on any atom is 0.416 e. The molecule has 0 saturated carbocycles. The van der Waals surface area contributed by atoms with Crippen LogP contribution in [0.5, 0.6) is 0 Å². The molecular formula is C27H22F3N5OS. The monoisotopic (exact) mass is 521 g/mol. The fourth-order valence-electron chi connectivity index (χ4n) is 4.24. The zero-order chi connectivity index (χ0) is 26.2. The number of alkyl halides is 3. The molecule has 6 nitrogen and oxygen atoms in total. The van der Waals surface area contributed by atoms with Gasteiger partial charge in [-0.15, -0.1) is 11.3 Å². The van der Waals surface area contributed by atoms with E-state index >= 15 is 0 Å². The van der Waals surface area contributed by atoms with Crippen molar-refractivity contribution in [3.8, 4) is 5.69 Å². The molecule has 0 aliphatic rings. The molecule has 5 rings (SSSR count). The number of benzene rings is 3. The van der Waals surface area contributed by atoms with E-state index in [4.69, 9.17) is 0 Å². The molecule has 188 valence electrons. The summed E-state index contributed by atoms with van der Waals surface area (Å²) >= 11 is 1.50. The number of nitrogens with zero attached hydrogens (tertiary/aromatic N) is 3. The third kappa shape index (κ3) is 5.05. The number of amides is 1. The quantitative estimate of drug-likeness (QED) is 0.253. The third-order valence-electron chi connectivity index (χ3n) is 6.02. The second-order valence-electron chi connectivity index (χ2n) is 8.55. The van der Waals surface area contributed by atoms with Crippen molar-refractivity contribution in [3.63, 3.8) is 0 Å². The molecule has 0 radical (unpaired) electrons. The van der Waals surface area contributed by atoms with Crippen molar-refractivity contribution >= 4 is 38.8 Å². The largest absolute Gasteiger partial charge is 0.416 e. The molecule has 0 aliphatic heterocycles. The Morgan fingerprint density at radius 1 is 1.05 bits per heavy atom. The summed E-state index contributed by atoms with van der Waals surface area (Å²) in [6, 6.07) is 15.1. The Balaban J connectivity index is 1.64. The summed E-state index contributed by atoms with van der Waals surface area (Å²) in [5.74, 6) is -0.502. The lowest BCUT2D eigenvalue weighted by atomic mass is 9.98. The van der Waals surface area contributed by atoms with Crippen molar-refractivity contribution in [3.05, 3.63) is 101 Å². The van der Waals surface area contributed by atoms with Crippen LogP contribution in [0.2, 0.25) is 0 Å². The maximum absolute atomic E-state index is 14.1. The number of carbonyl (C=O) groups excluding carboxylic acids is 1. The van der Waals surface area contributed by atoms with E-state index in [1.54, 1.807) is 53.5 Å². The number of hydrogen-bond acceptors (Lipinski definition) is 5. The topological polar surface area (TPSA) is 71.8 Å². The van der Waals surface area contributed by atoms with E-state index in [1.807, 2.05) is 18.2 Å². The third-order valence-corrected chi connectivity index (χ3v) is 6.81. The van der Waals surface area contributed by atoms with Crippen LogP contribution in [-0.4, -0.2) is 20.4 Å². The molecule has 0 spiro atoms. The number of fused-ring (bicyclic) bond motifs is 1. The molecule has 10 heteroatoms. The van der Waals surface area contributed by atoms with Crippen molar-refractivity contribution in [2.24, 2.45) is 0 Å². The zero-order valence-corrected chi connectivity index (χ0v) is 20.7. The number of imidazole rings is 1. The predicted molar refractivity (Wildman–Crippen MR) is 139 cm³/mol. The summed E-state index contributed by atoms with van der Waals surface area (Å²) in [7, 11) is 0. The Kier molecular flexibility index (Phi) is 6.43. The van der Waals surface area contributed by atoms with Gasteiger partial charge in [-0.1, -0.05) is 18.2 Å². The van der Waals surface area contributed by atoms with Crippen LogP contribution in [-0.2, 0) is 12.7 Å². The van der Waals surface area contributed by atoms with Gasteiger partial charge in [0.15, 0.2) is 0 Å². The van der Waals surface area contributed by atoms with E-state index < -0.39 is 17.6 Å². The fraction of sp³-hybridized carbons (Fsp3) is 0.148. The number of nitrogens with one attached hydrogen (secondary N) is 2. The van der Waals surface area contributed by atoms with Crippen molar-refractivity contribution in [2.75, 3.05) is 10.6 Å². The molecule has 0 unspecified atom stereocenters. The fourth-order valence-corrected chi connectivity index (χ4v) is 4.95. The molecular weight excluding hydrogens is 499 g/mol. The number of thiazole rings is 1. The van der Waals surface area contributed by atoms with E-state index in [0.29, 0.717) is 22.5 Å². The first kappa shape index (κ1) is 24.5. The van der Waals surface area contributed by atoms with E-state index in [0.717, 1.165) is 22.0 Å². The molecule has 0 fully saturated rings. The Hall–Kier alpha value is -4.18. The van der Waals surface area contributed by atoms with Gasteiger partial charge in [-0.05, 0) is 55.8 Å². The lowest BCUT2D eigenvalue weighted by Crippen LogP contribution is -2.19. The molecule has 0 aliphatic carbocycles. The molecule has 0 saturated heterocycles. The molecule has 2 heterocycles. The van der Waals surface area contributed by atoms with Gasteiger partial charge in [-0.25, -0.2) is 9.97 Å². The SMILES string of the molecule is Cc1cn(-c2c(C)c(C(F)(F)F)cc(NC(=O)c3ccccc3)c2CNc2ccc3ncsc3c2)cn1. The highest BCUT2D eigenvalue weighted by atomic mass is 32.1. The number of rotatable bonds is 6. The predicted octanol–water partition coefficient (Wildman–Crippen LogP) is 6.98. The van der Waals surface area contributed by atoms with Gasteiger partial charge >= 0.3 is 6.18 Å². The molecule has 3 aromatic carbocycles. The number of aromatic nitrogens is 3. The van der Waals surface area contributed by atoms with Crippen molar-refractivity contribution in [2.45, 2.75) is 26.6 Å². The van der Waals surface area contributed by atoms with Crippen LogP contribution in [0.25, 0.3) is 15.9 Å². The number of halogens is 3. The number of carbonyl (C=O) groups is 1. The second-order valence-corrected chi connectivity index (χ2v) is 9.44.